The molecule has 0 aromatic carbocycles. The van der Waals surface area contributed by atoms with Crippen LogP contribution >= 0.6 is 0 Å². The Bertz CT molecular complexity index is 245. The summed E-state index contributed by atoms with van der Waals surface area (Å²) in [4.78, 5) is 20.9. The van der Waals surface area contributed by atoms with Crippen molar-refractivity contribution in [3.63, 3.8) is 0 Å². The highest BCUT2D eigenvalue weighted by molar-refractivity contribution is 5.65. The fraction of sp³-hybridized carbons (Fsp3) is 0.556. The molecule has 0 aromatic rings. The molecule has 0 fully saturated rings. The van der Waals surface area contributed by atoms with Crippen LogP contribution in [0.15, 0.2) is 12.2 Å². The number of nitrogens with two attached hydrogens (primary N) is 2. The molecule has 0 heterocycles. The first-order chi connectivity index (χ1) is 6.89. The SMILES string of the molecule is CC=CC(C)(COC(N)=O)COC(N)=O. The lowest BCUT2D eigenvalue weighted by Gasteiger charge is -2.24. The van der Waals surface area contributed by atoms with Crippen molar-refractivity contribution in [3.05, 3.63) is 12.2 Å². The molecule has 0 aliphatic rings. The minimum Gasteiger partial charge on any atom is -0.449 e. The smallest absolute Gasteiger partial charge is 0.404 e. The van der Waals surface area contributed by atoms with E-state index in [-0.39, 0.29) is 13.2 Å². The molecule has 0 aliphatic heterocycles. The number of carbonyl (C=O) groups excluding carboxylic acids is 2. The molecular formula is C9H16N2O4. The van der Waals surface area contributed by atoms with Crippen LogP contribution in [0.2, 0.25) is 0 Å². The highest BCUT2D eigenvalue weighted by Crippen LogP contribution is 2.19. The molecule has 0 aromatic heterocycles. The zero-order chi connectivity index (χ0) is 11.9. The Balaban J connectivity index is 4.30. The molecule has 6 nitrogen and oxygen atoms in total. The zero-order valence-electron chi connectivity index (χ0n) is 8.86. The van der Waals surface area contributed by atoms with E-state index in [0.717, 1.165) is 0 Å². The molecule has 0 rings (SSSR count). The third-order valence-corrected chi connectivity index (χ3v) is 1.66. The van der Waals surface area contributed by atoms with Crippen molar-refractivity contribution in [3.8, 4) is 0 Å². The van der Waals surface area contributed by atoms with Gasteiger partial charge in [0.2, 0.25) is 0 Å². The van der Waals surface area contributed by atoms with Gasteiger partial charge in [0.05, 0.1) is 5.41 Å². The standard InChI is InChI=1S/C9H16N2O4/c1-3-4-9(2,5-14-7(10)12)6-15-8(11)13/h3-4H,5-6H2,1-2H3,(H2,10,12)(H2,11,13). The van der Waals surface area contributed by atoms with E-state index in [2.05, 4.69) is 9.47 Å². The summed E-state index contributed by atoms with van der Waals surface area (Å²) in [6.07, 6.45) is 1.77. The van der Waals surface area contributed by atoms with Crippen LogP contribution in [0.25, 0.3) is 0 Å². The third kappa shape index (κ3) is 6.36. The van der Waals surface area contributed by atoms with Crippen molar-refractivity contribution in [2.45, 2.75) is 13.8 Å². The van der Waals surface area contributed by atoms with Crippen LogP contribution in [-0.2, 0) is 9.47 Å². The molecule has 0 spiro atoms. The summed E-state index contributed by atoms with van der Waals surface area (Å²) in [6, 6.07) is 0. The van der Waals surface area contributed by atoms with Gasteiger partial charge in [0.15, 0.2) is 0 Å². The zero-order valence-corrected chi connectivity index (χ0v) is 8.86. The van der Waals surface area contributed by atoms with Crippen LogP contribution in [0.3, 0.4) is 0 Å². The topological polar surface area (TPSA) is 105 Å². The number of allylic oxidation sites excluding steroid dienone is 1. The summed E-state index contributed by atoms with van der Waals surface area (Å²) in [6.45, 7) is 3.60. The molecular weight excluding hydrogens is 200 g/mol. The van der Waals surface area contributed by atoms with Gasteiger partial charge in [-0.15, -0.1) is 0 Å². The average molecular weight is 216 g/mol. The maximum Gasteiger partial charge on any atom is 0.404 e. The summed E-state index contributed by atoms with van der Waals surface area (Å²) in [5.74, 6) is 0. The van der Waals surface area contributed by atoms with Crippen LogP contribution in [0, 0.1) is 5.41 Å². The van der Waals surface area contributed by atoms with Crippen LogP contribution in [0.5, 0.6) is 0 Å². The quantitative estimate of drug-likeness (QED) is 0.662. The van der Waals surface area contributed by atoms with Crippen LogP contribution in [0.4, 0.5) is 9.59 Å². The van der Waals surface area contributed by atoms with E-state index in [1.54, 1.807) is 26.0 Å². The molecule has 0 radical (unpaired) electrons. The first-order valence-corrected chi connectivity index (χ1v) is 4.38. The molecule has 0 aliphatic carbocycles. The van der Waals surface area contributed by atoms with Gasteiger partial charge in [0.1, 0.15) is 13.2 Å². The Morgan fingerprint density at radius 2 is 1.60 bits per heavy atom. The van der Waals surface area contributed by atoms with Crippen molar-refractivity contribution >= 4 is 12.2 Å². The lowest BCUT2D eigenvalue weighted by atomic mass is 9.92. The summed E-state index contributed by atoms with van der Waals surface area (Å²) >= 11 is 0. The summed E-state index contributed by atoms with van der Waals surface area (Å²) in [7, 11) is 0. The van der Waals surface area contributed by atoms with Crippen molar-refractivity contribution in [2.24, 2.45) is 16.9 Å². The number of hydrogen-bond acceptors (Lipinski definition) is 4. The normalized spacial score (nSPS) is 11.3. The fourth-order valence-electron chi connectivity index (χ4n) is 1.01. The highest BCUT2D eigenvalue weighted by atomic mass is 16.6. The summed E-state index contributed by atoms with van der Waals surface area (Å²) < 4.78 is 9.29. The van der Waals surface area contributed by atoms with Crippen LogP contribution < -0.4 is 11.5 Å². The van der Waals surface area contributed by atoms with Gasteiger partial charge in [-0.2, -0.15) is 0 Å². The van der Waals surface area contributed by atoms with Crippen molar-refractivity contribution in [1.82, 2.24) is 0 Å². The van der Waals surface area contributed by atoms with E-state index in [0.29, 0.717) is 0 Å². The number of primary amides is 2. The summed E-state index contributed by atoms with van der Waals surface area (Å²) in [5.41, 5.74) is 9.06. The Morgan fingerprint density at radius 3 is 1.87 bits per heavy atom. The first kappa shape index (κ1) is 13.3. The lowest BCUT2D eigenvalue weighted by Crippen LogP contribution is -2.32. The minimum atomic E-state index is -0.871. The van der Waals surface area contributed by atoms with E-state index in [4.69, 9.17) is 11.5 Å². The van der Waals surface area contributed by atoms with Gasteiger partial charge in [0.25, 0.3) is 0 Å². The van der Waals surface area contributed by atoms with Gasteiger partial charge < -0.3 is 20.9 Å². The molecule has 0 bridgehead atoms. The second-order valence-corrected chi connectivity index (χ2v) is 3.37. The molecule has 15 heavy (non-hydrogen) atoms. The van der Waals surface area contributed by atoms with Crippen LogP contribution in [0.1, 0.15) is 13.8 Å². The Hall–Kier alpha value is -1.72. The Morgan fingerprint density at radius 1 is 1.20 bits per heavy atom. The maximum atomic E-state index is 10.4. The molecule has 6 heteroatoms. The van der Waals surface area contributed by atoms with E-state index in [9.17, 15) is 9.59 Å². The molecule has 4 N–H and O–H groups in total. The molecule has 0 unspecified atom stereocenters. The maximum absolute atomic E-state index is 10.4. The second-order valence-electron chi connectivity index (χ2n) is 3.37. The molecule has 0 atom stereocenters. The van der Waals surface area contributed by atoms with Gasteiger partial charge in [-0.25, -0.2) is 9.59 Å². The van der Waals surface area contributed by atoms with Gasteiger partial charge >= 0.3 is 12.2 Å². The fourth-order valence-corrected chi connectivity index (χ4v) is 1.01. The predicted molar refractivity (Wildman–Crippen MR) is 54.0 cm³/mol. The number of rotatable bonds is 5. The molecule has 2 amide bonds. The van der Waals surface area contributed by atoms with E-state index >= 15 is 0 Å². The minimum absolute atomic E-state index is 0.0277. The lowest BCUT2D eigenvalue weighted by molar-refractivity contribution is 0.0679. The highest BCUT2D eigenvalue weighted by Gasteiger charge is 2.24. The monoisotopic (exact) mass is 216 g/mol. The first-order valence-electron chi connectivity index (χ1n) is 4.38. The number of carbonyl (C=O) groups is 2. The second kappa shape index (κ2) is 5.90. The van der Waals surface area contributed by atoms with Crippen molar-refractivity contribution < 1.29 is 19.1 Å². The summed E-state index contributed by atoms with van der Waals surface area (Å²) in [5, 5.41) is 0. The van der Waals surface area contributed by atoms with Gasteiger partial charge in [-0.05, 0) is 13.8 Å². The number of ether oxygens (including phenoxy) is 2. The predicted octanol–water partition coefficient (Wildman–Crippen LogP) is 0.759. The molecule has 0 saturated heterocycles. The van der Waals surface area contributed by atoms with Gasteiger partial charge in [-0.3, -0.25) is 0 Å². The van der Waals surface area contributed by atoms with Crippen LogP contribution in [-0.4, -0.2) is 25.4 Å². The van der Waals surface area contributed by atoms with E-state index < -0.39 is 17.6 Å². The Kier molecular flexibility index (Phi) is 5.22. The van der Waals surface area contributed by atoms with Crippen molar-refractivity contribution in [2.75, 3.05) is 13.2 Å². The molecule has 86 valence electrons. The average Bonchev–Trinajstić information content (AvgIpc) is 2.13. The largest absolute Gasteiger partial charge is 0.449 e. The van der Waals surface area contributed by atoms with Gasteiger partial charge in [0, 0.05) is 0 Å². The number of amides is 2. The van der Waals surface area contributed by atoms with Gasteiger partial charge in [-0.1, -0.05) is 12.2 Å². The number of hydrogen-bond donors (Lipinski definition) is 2. The van der Waals surface area contributed by atoms with E-state index in [1.807, 2.05) is 0 Å². The van der Waals surface area contributed by atoms with E-state index in [1.165, 1.54) is 0 Å². The Labute approximate surface area is 88.2 Å². The third-order valence-electron chi connectivity index (χ3n) is 1.66. The van der Waals surface area contributed by atoms with Crippen molar-refractivity contribution in [1.29, 1.82) is 0 Å². The molecule has 0 saturated carbocycles.